The Morgan fingerprint density at radius 1 is 1.39 bits per heavy atom. The Bertz CT molecular complexity index is 500. The second-order valence-corrected chi connectivity index (χ2v) is 7.36. The number of guanidine groups is 1. The van der Waals surface area contributed by atoms with Crippen LogP contribution in [0.5, 0.6) is 0 Å². The maximum atomic E-state index is 5.43. The van der Waals surface area contributed by atoms with Crippen LogP contribution in [-0.2, 0) is 11.3 Å². The molecule has 0 saturated carbocycles. The van der Waals surface area contributed by atoms with Gasteiger partial charge in [0.25, 0.3) is 0 Å². The van der Waals surface area contributed by atoms with Crippen LogP contribution >= 0.6 is 35.3 Å². The fraction of sp³-hybridized carbons (Fsp3) is 0.733. The summed E-state index contributed by atoms with van der Waals surface area (Å²) in [4.78, 5) is 12.2. The molecule has 2 heterocycles. The molecule has 0 spiro atoms. The van der Waals surface area contributed by atoms with Gasteiger partial charge in [0, 0.05) is 43.3 Å². The number of thiazole rings is 1. The van der Waals surface area contributed by atoms with Crippen LogP contribution in [0.3, 0.4) is 0 Å². The summed E-state index contributed by atoms with van der Waals surface area (Å²) < 4.78 is 5.43. The maximum absolute atomic E-state index is 5.43. The fourth-order valence-electron chi connectivity index (χ4n) is 2.46. The van der Waals surface area contributed by atoms with E-state index in [2.05, 4.69) is 39.4 Å². The molecule has 8 heteroatoms. The number of rotatable bonds is 5. The lowest BCUT2D eigenvalue weighted by Crippen LogP contribution is -2.56. The number of morpholine rings is 1. The Labute approximate surface area is 160 Å². The lowest BCUT2D eigenvalue weighted by molar-refractivity contribution is -0.00834. The smallest absolute Gasteiger partial charge is 0.191 e. The molecule has 0 radical (unpaired) electrons. The molecule has 23 heavy (non-hydrogen) atoms. The molecule has 2 rings (SSSR count). The van der Waals surface area contributed by atoms with Crippen LogP contribution in [0.4, 0.5) is 0 Å². The standard InChI is InChI=1S/C15H27N5OS.HI/c1-12-17-9-13(22-12)10-18-14(16-4)19-11-15(2,3)20-5-7-21-8-6-20;/h9H,5-8,10-11H2,1-4H3,(H2,16,18,19);1H. The number of aliphatic imine (C=N–C) groups is 1. The van der Waals surface area contributed by atoms with Crippen LogP contribution in [-0.4, -0.2) is 61.3 Å². The number of ether oxygens (including phenoxy) is 1. The van der Waals surface area contributed by atoms with E-state index in [1.165, 1.54) is 4.88 Å². The van der Waals surface area contributed by atoms with Gasteiger partial charge < -0.3 is 15.4 Å². The summed E-state index contributed by atoms with van der Waals surface area (Å²) in [7, 11) is 1.80. The van der Waals surface area contributed by atoms with Gasteiger partial charge in [-0.15, -0.1) is 35.3 Å². The van der Waals surface area contributed by atoms with E-state index in [4.69, 9.17) is 4.74 Å². The van der Waals surface area contributed by atoms with Gasteiger partial charge in [-0.2, -0.15) is 0 Å². The number of halogens is 1. The summed E-state index contributed by atoms with van der Waals surface area (Å²) in [6, 6.07) is 0. The normalized spacial score (nSPS) is 16.8. The highest BCUT2D eigenvalue weighted by atomic mass is 127. The van der Waals surface area contributed by atoms with Crippen LogP contribution in [0.15, 0.2) is 11.2 Å². The third-order valence-electron chi connectivity index (χ3n) is 3.88. The number of aryl methyl sites for hydroxylation is 1. The lowest BCUT2D eigenvalue weighted by atomic mass is 10.0. The van der Waals surface area contributed by atoms with E-state index < -0.39 is 0 Å². The molecule has 1 aliphatic rings. The molecule has 1 aromatic heterocycles. The average Bonchev–Trinajstić information content (AvgIpc) is 2.94. The molecule has 0 unspecified atom stereocenters. The number of nitrogens with zero attached hydrogens (tertiary/aromatic N) is 3. The summed E-state index contributed by atoms with van der Waals surface area (Å²) in [6.07, 6.45) is 1.91. The Kier molecular flexibility index (Phi) is 8.73. The van der Waals surface area contributed by atoms with Crippen LogP contribution < -0.4 is 10.6 Å². The van der Waals surface area contributed by atoms with Crippen molar-refractivity contribution in [2.45, 2.75) is 32.9 Å². The number of hydrogen-bond acceptors (Lipinski definition) is 5. The highest BCUT2D eigenvalue weighted by Crippen LogP contribution is 2.15. The predicted molar refractivity (Wildman–Crippen MR) is 107 cm³/mol. The molecule has 0 atom stereocenters. The summed E-state index contributed by atoms with van der Waals surface area (Å²) in [6.45, 7) is 11.7. The molecule has 1 saturated heterocycles. The molecule has 1 aromatic rings. The van der Waals surface area contributed by atoms with Gasteiger partial charge in [0.15, 0.2) is 5.96 Å². The predicted octanol–water partition coefficient (Wildman–Crippen LogP) is 1.85. The third-order valence-corrected chi connectivity index (χ3v) is 4.79. The Balaban J connectivity index is 0.00000264. The Morgan fingerprint density at radius 2 is 2.09 bits per heavy atom. The molecular weight excluding hydrogens is 425 g/mol. The number of nitrogens with one attached hydrogen (secondary N) is 2. The first-order valence-electron chi connectivity index (χ1n) is 7.70. The number of hydrogen-bond donors (Lipinski definition) is 2. The van der Waals surface area contributed by atoms with Crippen LogP contribution in [0.2, 0.25) is 0 Å². The molecule has 0 aliphatic carbocycles. The summed E-state index contributed by atoms with van der Waals surface area (Å²) in [5, 5.41) is 7.86. The van der Waals surface area contributed by atoms with E-state index in [0.29, 0.717) is 0 Å². The molecule has 1 aliphatic heterocycles. The Hall–Kier alpha value is -0.450. The zero-order chi connectivity index (χ0) is 16.0. The molecule has 0 aromatic carbocycles. The van der Waals surface area contributed by atoms with E-state index in [0.717, 1.165) is 50.4 Å². The molecule has 6 nitrogen and oxygen atoms in total. The van der Waals surface area contributed by atoms with Gasteiger partial charge in [0.05, 0.1) is 24.8 Å². The average molecular weight is 453 g/mol. The minimum atomic E-state index is 0. The Morgan fingerprint density at radius 3 is 2.65 bits per heavy atom. The van der Waals surface area contributed by atoms with Crippen molar-refractivity contribution in [3.8, 4) is 0 Å². The van der Waals surface area contributed by atoms with Crippen LogP contribution in [0.25, 0.3) is 0 Å². The van der Waals surface area contributed by atoms with E-state index in [1.54, 1.807) is 18.4 Å². The summed E-state index contributed by atoms with van der Waals surface area (Å²) >= 11 is 1.71. The SMILES string of the molecule is CN=C(NCc1cnc(C)s1)NCC(C)(C)N1CCOCC1.I. The monoisotopic (exact) mass is 453 g/mol. The van der Waals surface area contributed by atoms with Crippen molar-refractivity contribution in [2.75, 3.05) is 39.9 Å². The summed E-state index contributed by atoms with van der Waals surface area (Å²) in [5.41, 5.74) is 0.0719. The highest BCUT2D eigenvalue weighted by molar-refractivity contribution is 14.0. The lowest BCUT2D eigenvalue weighted by Gasteiger charge is -2.41. The first-order chi connectivity index (χ1) is 10.5. The van der Waals surface area contributed by atoms with Crippen molar-refractivity contribution in [3.05, 3.63) is 16.1 Å². The molecule has 0 bridgehead atoms. The van der Waals surface area contributed by atoms with E-state index in [-0.39, 0.29) is 29.5 Å². The van der Waals surface area contributed by atoms with Crippen LogP contribution in [0.1, 0.15) is 23.7 Å². The molecular formula is C15H28IN5OS. The summed E-state index contributed by atoms with van der Waals surface area (Å²) in [5.74, 6) is 0.826. The second kappa shape index (κ2) is 9.75. The van der Waals surface area contributed by atoms with E-state index in [9.17, 15) is 0 Å². The van der Waals surface area contributed by atoms with Gasteiger partial charge in [0.1, 0.15) is 0 Å². The van der Waals surface area contributed by atoms with E-state index in [1.807, 2.05) is 13.1 Å². The zero-order valence-electron chi connectivity index (χ0n) is 14.4. The minimum absolute atomic E-state index is 0. The number of aromatic nitrogens is 1. The van der Waals surface area contributed by atoms with Gasteiger partial charge in [-0.1, -0.05) is 0 Å². The first-order valence-corrected chi connectivity index (χ1v) is 8.51. The van der Waals surface area contributed by atoms with Gasteiger partial charge in [-0.05, 0) is 20.8 Å². The van der Waals surface area contributed by atoms with Crippen molar-refractivity contribution >= 4 is 41.3 Å². The quantitative estimate of drug-likeness (QED) is 0.405. The minimum Gasteiger partial charge on any atom is -0.379 e. The van der Waals surface area contributed by atoms with Gasteiger partial charge in [-0.3, -0.25) is 9.89 Å². The first kappa shape index (κ1) is 20.6. The largest absolute Gasteiger partial charge is 0.379 e. The third kappa shape index (κ3) is 6.52. The van der Waals surface area contributed by atoms with Crippen molar-refractivity contribution < 1.29 is 4.74 Å². The fourth-order valence-corrected chi connectivity index (χ4v) is 3.19. The van der Waals surface area contributed by atoms with E-state index >= 15 is 0 Å². The van der Waals surface area contributed by atoms with Gasteiger partial charge in [-0.25, -0.2) is 4.98 Å². The molecule has 2 N–H and O–H groups in total. The van der Waals surface area contributed by atoms with Crippen molar-refractivity contribution in [1.29, 1.82) is 0 Å². The molecule has 1 fully saturated rings. The second-order valence-electron chi connectivity index (χ2n) is 6.04. The zero-order valence-corrected chi connectivity index (χ0v) is 17.5. The topological polar surface area (TPSA) is 61.8 Å². The maximum Gasteiger partial charge on any atom is 0.191 e. The van der Waals surface area contributed by atoms with Crippen molar-refractivity contribution in [2.24, 2.45) is 4.99 Å². The van der Waals surface area contributed by atoms with Crippen LogP contribution in [0, 0.1) is 6.92 Å². The van der Waals surface area contributed by atoms with Gasteiger partial charge >= 0.3 is 0 Å². The van der Waals surface area contributed by atoms with Crippen molar-refractivity contribution in [3.63, 3.8) is 0 Å². The molecule has 0 amide bonds. The van der Waals surface area contributed by atoms with Gasteiger partial charge in [0.2, 0.25) is 0 Å². The highest BCUT2D eigenvalue weighted by Gasteiger charge is 2.28. The van der Waals surface area contributed by atoms with Crippen molar-refractivity contribution in [1.82, 2.24) is 20.5 Å². The molecule has 132 valence electrons.